The predicted octanol–water partition coefficient (Wildman–Crippen LogP) is 0.930. The summed E-state index contributed by atoms with van der Waals surface area (Å²) in [7, 11) is 0. The van der Waals surface area contributed by atoms with E-state index in [-0.39, 0.29) is 18.0 Å². The molecule has 1 saturated heterocycles. The molecule has 0 radical (unpaired) electrons. The van der Waals surface area contributed by atoms with Crippen LogP contribution in [-0.4, -0.2) is 17.2 Å². The number of aliphatic hydroxyl groups is 1. The zero-order valence-electron chi connectivity index (χ0n) is 5.86. The molecule has 58 valence electrons. The molecule has 1 heterocycles. The Hall–Kier alpha value is -1.25. The highest BCUT2D eigenvalue weighted by atomic mass is 16.6. The third-order valence-corrected chi connectivity index (χ3v) is 2.13. The molecule has 0 amide bonds. The van der Waals surface area contributed by atoms with Gasteiger partial charge in [-0.15, -0.1) is 0 Å². The first kappa shape index (κ1) is 6.46. The maximum absolute atomic E-state index is 10.9. The minimum absolute atomic E-state index is 0.0625. The maximum Gasteiger partial charge on any atom is 0.338 e. The molecule has 2 atom stereocenters. The summed E-state index contributed by atoms with van der Waals surface area (Å²) in [5.41, 5.74) is 0.403. The van der Waals surface area contributed by atoms with Crippen molar-refractivity contribution in [2.75, 3.05) is 0 Å². The van der Waals surface area contributed by atoms with Crippen molar-refractivity contribution in [2.24, 2.45) is 5.92 Å². The van der Waals surface area contributed by atoms with Crippen molar-refractivity contribution in [3.63, 3.8) is 0 Å². The number of esters is 1. The molecule has 2 aliphatic rings. The maximum atomic E-state index is 10.9. The Bertz CT molecular complexity index is 252. The SMILES string of the molecule is O=C1O[C@H]2C=CC[C@H]2/C1=C/O. The lowest BCUT2D eigenvalue weighted by Crippen LogP contribution is -2.07. The van der Waals surface area contributed by atoms with Crippen LogP contribution in [0.25, 0.3) is 0 Å². The minimum Gasteiger partial charge on any atom is -0.515 e. The first-order valence-electron chi connectivity index (χ1n) is 3.55. The second kappa shape index (κ2) is 2.12. The molecular weight excluding hydrogens is 144 g/mol. The van der Waals surface area contributed by atoms with E-state index in [1.165, 1.54) is 0 Å². The second-order valence-corrected chi connectivity index (χ2v) is 2.72. The van der Waals surface area contributed by atoms with Crippen molar-refractivity contribution < 1.29 is 14.6 Å². The monoisotopic (exact) mass is 152 g/mol. The van der Waals surface area contributed by atoms with Crippen molar-refractivity contribution in [3.8, 4) is 0 Å². The largest absolute Gasteiger partial charge is 0.515 e. The molecule has 0 aromatic heterocycles. The van der Waals surface area contributed by atoms with Gasteiger partial charge in [0, 0.05) is 5.92 Å². The Kier molecular flexibility index (Phi) is 1.24. The zero-order chi connectivity index (χ0) is 7.84. The van der Waals surface area contributed by atoms with Crippen molar-refractivity contribution in [1.29, 1.82) is 0 Å². The van der Waals surface area contributed by atoms with Crippen LogP contribution >= 0.6 is 0 Å². The molecule has 0 bridgehead atoms. The summed E-state index contributed by atoms with van der Waals surface area (Å²) in [5, 5.41) is 8.69. The molecule has 0 unspecified atom stereocenters. The summed E-state index contributed by atoms with van der Waals surface area (Å²) in [6.07, 6.45) is 5.36. The number of hydrogen-bond acceptors (Lipinski definition) is 3. The number of carbonyl (C=O) groups excluding carboxylic acids is 1. The normalized spacial score (nSPS) is 37.8. The molecule has 11 heavy (non-hydrogen) atoms. The zero-order valence-corrected chi connectivity index (χ0v) is 5.86. The lowest BCUT2D eigenvalue weighted by molar-refractivity contribution is -0.137. The quantitative estimate of drug-likeness (QED) is 0.243. The summed E-state index contributed by atoms with van der Waals surface area (Å²) in [6, 6.07) is 0. The molecule has 0 aromatic rings. The third kappa shape index (κ3) is 0.770. The lowest BCUT2D eigenvalue weighted by atomic mass is 9.99. The molecule has 0 spiro atoms. The van der Waals surface area contributed by atoms with Crippen molar-refractivity contribution >= 4 is 5.97 Å². The van der Waals surface area contributed by atoms with Gasteiger partial charge >= 0.3 is 5.97 Å². The summed E-state index contributed by atoms with van der Waals surface area (Å²) < 4.78 is 4.93. The fourth-order valence-corrected chi connectivity index (χ4v) is 1.54. The Morgan fingerprint density at radius 3 is 3.27 bits per heavy atom. The van der Waals surface area contributed by atoms with Gasteiger partial charge in [-0.2, -0.15) is 0 Å². The van der Waals surface area contributed by atoms with E-state index in [0.29, 0.717) is 5.57 Å². The molecule has 0 aromatic carbocycles. The predicted molar refractivity (Wildman–Crippen MR) is 37.8 cm³/mol. The van der Waals surface area contributed by atoms with E-state index in [9.17, 15) is 4.79 Å². The molecule has 1 N–H and O–H groups in total. The minimum atomic E-state index is -0.383. The highest BCUT2D eigenvalue weighted by molar-refractivity contribution is 5.91. The van der Waals surface area contributed by atoms with E-state index in [1.807, 2.05) is 12.2 Å². The van der Waals surface area contributed by atoms with Gasteiger partial charge in [0.15, 0.2) is 0 Å². The van der Waals surface area contributed by atoms with Crippen LogP contribution in [0.1, 0.15) is 6.42 Å². The van der Waals surface area contributed by atoms with E-state index >= 15 is 0 Å². The molecule has 2 rings (SSSR count). The number of aliphatic hydroxyl groups excluding tert-OH is 1. The van der Waals surface area contributed by atoms with Crippen molar-refractivity contribution in [1.82, 2.24) is 0 Å². The van der Waals surface area contributed by atoms with Gasteiger partial charge in [-0.1, -0.05) is 6.08 Å². The highest BCUT2D eigenvalue weighted by Gasteiger charge is 2.40. The summed E-state index contributed by atoms with van der Waals surface area (Å²) in [5.74, 6) is -0.320. The number of hydrogen-bond donors (Lipinski definition) is 1. The van der Waals surface area contributed by atoms with Crippen LogP contribution in [0, 0.1) is 5.92 Å². The lowest BCUT2D eigenvalue weighted by Gasteiger charge is -2.03. The summed E-state index contributed by atoms with van der Waals surface area (Å²) in [6.45, 7) is 0. The number of ether oxygens (including phenoxy) is 1. The average molecular weight is 152 g/mol. The van der Waals surface area contributed by atoms with Crippen LogP contribution in [0.3, 0.4) is 0 Å². The molecule has 3 heteroatoms. The van der Waals surface area contributed by atoms with E-state index in [1.54, 1.807) is 0 Å². The highest BCUT2D eigenvalue weighted by Crippen LogP contribution is 2.35. The molecule has 1 aliphatic heterocycles. The Balaban J connectivity index is 2.31. The van der Waals surface area contributed by atoms with Gasteiger partial charge in [-0.05, 0) is 12.5 Å². The molecule has 0 saturated carbocycles. The van der Waals surface area contributed by atoms with Crippen LogP contribution in [0.5, 0.6) is 0 Å². The summed E-state index contributed by atoms with van der Waals surface area (Å²) >= 11 is 0. The molecular formula is C8H8O3. The van der Waals surface area contributed by atoms with Gasteiger partial charge in [0.1, 0.15) is 6.10 Å². The standard InChI is InChI=1S/C8H8O3/c9-4-6-5-2-1-3-7(5)11-8(6)10/h1,3-5,7,9H,2H2/b6-4-/t5-,7-/m0/s1. The van der Waals surface area contributed by atoms with Crippen LogP contribution in [0.15, 0.2) is 24.0 Å². The number of rotatable bonds is 0. The number of allylic oxidation sites excluding steroid dienone is 1. The van der Waals surface area contributed by atoms with Crippen LogP contribution < -0.4 is 0 Å². The van der Waals surface area contributed by atoms with Crippen LogP contribution in [0.2, 0.25) is 0 Å². The topological polar surface area (TPSA) is 46.5 Å². The van der Waals surface area contributed by atoms with Gasteiger partial charge in [0.05, 0.1) is 11.8 Å². The van der Waals surface area contributed by atoms with Gasteiger partial charge in [-0.3, -0.25) is 0 Å². The van der Waals surface area contributed by atoms with E-state index in [0.717, 1.165) is 12.7 Å². The fraction of sp³-hybridized carbons (Fsp3) is 0.375. The van der Waals surface area contributed by atoms with E-state index in [2.05, 4.69) is 0 Å². The van der Waals surface area contributed by atoms with Crippen molar-refractivity contribution in [2.45, 2.75) is 12.5 Å². The number of carbonyl (C=O) groups is 1. The van der Waals surface area contributed by atoms with Gasteiger partial charge in [0.2, 0.25) is 0 Å². The van der Waals surface area contributed by atoms with Gasteiger partial charge < -0.3 is 9.84 Å². The van der Waals surface area contributed by atoms with Gasteiger partial charge in [-0.25, -0.2) is 4.79 Å². The first-order chi connectivity index (χ1) is 5.33. The Morgan fingerprint density at radius 2 is 2.55 bits per heavy atom. The fourth-order valence-electron chi connectivity index (χ4n) is 1.54. The van der Waals surface area contributed by atoms with E-state index < -0.39 is 0 Å². The molecule has 3 nitrogen and oxygen atoms in total. The third-order valence-electron chi connectivity index (χ3n) is 2.13. The van der Waals surface area contributed by atoms with Crippen LogP contribution in [-0.2, 0) is 9.53 Å². The molecule has 1 aliphatic carbocycles. The number of fused-ring (bicyclic) bond motifs is 1. The van der Waals surface area contributed by atoms with Gasteiger partial charge in [0.25, 0.3) is 0 Å². The Morgan fingerprint density at radius 1 is 1.73 bits per heavy atom. The molecule has 1 fully saturated rings. The van der Waals surface area contributed by atoms with E-state index in [4.69, 9.17) is 9.84 Å². The average Bonchev–Trinajstić information content (AvgIpc) is 2.46. The van der Waals surface area contributed by atoms with Crippen LogP contribution in [0.4, 0.5) is 0 Å². The summed E-state index contributed by atoms with van der Waals surface area (Å²) in [4.78, 5) is 10.9. The Labute approximate surface area is 64.0 Å². The van der Waals surface area contributed by atoms with Crippen molar-refractivity contribution in [3.05, 3.63) is 24.0 Å². The second-order valence-electron chi connectivity index (χ2n) is 2.72. The smallest absolute Gasteiger partial charge is 0.338 e. The first-order valence-corrected chi connectivity index (χ1v) is 3.55.